The number of ether oxygens (including phenoxy) is 1. The van der Waals surface area contributed by atoms with Gasteiger partial charge in [-0.2, -0.15) is 0 Å². The molecule has 1 N–H and O–H groups in total. The van der Waals surface area contributed by atoms with Gasteiger partial charge in [0.2, 0.25) is 0 Å². The predicted octanol–water partition coefficient (Wildman–Crippen LogP) is 5.47. The van der Waals surface area contributed by atoms with E-state index in [-0.39, 0.29) is 0 Å². The molecule has 0 atom stereocenters. The van der Waals surface area contributed by atoms with Crippen LogP contribution in [0.3, 0.4) is 0 Å². The van der Waals surface area contributed by atoms with Crippen molar-refractivity contribution in [1.82, 2.24) is 0 Å². The molecule has 0 aliphatic rings. The first-order chi connectivity index (χ1) is 10.1. The molecule has 0 radical (unpaired) electrons. The Morgan fingerprint density at radius 2 is 1.90 bits per heavy atom. The van der Waals surface area contributed by atoms with Gasteiger partial charge in [0.1, 0.15) is 5.75 Å². The minimum absolute atomic E-state index is 0.746. The molecular formula is C18H22BrNO. The first kappa shape index (κ1) is 15.9. The molecular weight excluding hydrogens is 326 g/mol. The molecule has 0 aliphatic carbocycles. The molecule has 0 fully saturated rings. The second-order valence-electron chi connectivity index (χ2n) is 5.29. The minimum atomic E-state index is 0.746. The molecule has 0 saturated carbocycles. The van der Waals surface area contributed by atoms with Crippen molar-refractivity contribution in [3.63, 3.8) is 0 Å². The van der Waals surface area contributed by atoms with Crippen molar-refractivity contribution < 1.29 is 4.74 Å². The molecule has 2 aromatic rings. The Labute approximate surface area is 135 Å². The normalized spacial score (nSPS) is 10.5. The third kappa shape index (κ3) is 4.50. The Morgan fingerprint density at radius 1 is 1.10 bits per heavy atom. The van der Waals surface area contributed by atoms with Crippen molar-refractivity contribution in [3.05, 3.63) is 57.6 Å². The van der Waals surface area contributed by atoms with Gasteiger partial charge >= 0.3 is 0 Å². The van der Waals surface area contributed by atoms with Gasteiger partial charge in [0, 0.05) is 11.0 Å². The highest BCUT2D eigenvalue weighted by Crippen LogP contribution is 2.27. The molecule has 21 heavy (non-hydrogen) atoms. The van der Waals surface area contributed by atoms with Crippen LogP contribution in [0.15, 0.2) is 40.9 Å². The molecule has 112 valence electrons. The van der Waals surface area contributed by atoms with E-state index in [2.05, 4.69) is 78.4 Å². The van der Waals surface area contributed by atoms with E-state index >= 15 is 0 Å². The SMILES string of the molecule is CCCOc1cc(C)ccc1NCc1ccc(Br)c(C)c1. The first-order valence-corrected chi connectivity index (χ1v) is 8.12. The Kier molecular flexibility index (Phi) is 5.68. The van der Waals surface area contributed by atoms with Crippen LogP contribution < -0.4 is 10.1 Å². The van der Waals surface area contributed by atoms with Crippen molar-refractivity contribution in [2.45, 2.75) is 33.7 Å². The zero-order valence-electron chi connectivity index (χ0n) is 12.9. The summed E-state index contributed by atoms with van der Waals surface area (Å²) in [6.45, 7) is 7.85. The number of nitrogens with one attached hydrogen (secondary N) is 1. The summed E-state index contributed by atoms with van der Waals surface area (Å²) in [5.74, 6) is 0.936. The van der Waals surface area contributed by atoms with Gasteiger partial charge in [0.05, 0.1) is 12.3 Å². The van der Waals surface area contributed by atoms with Gasteiger partial charge < -0.3 is 10.1 Å². The molecule has 0 unspecified atom stereocenters. The Bertz CT molecular complexity index is 610. The number of hydrogen-bond donors (Lipinski definition) is 1. The summed E-state index contributed by atoms with van der Waals surface area (Å²) in [7, 11) is 0. The third-order valence-corrected chi connectivity index (χ3v) is 4.19. The second kappa shape index (κ2) is 7.51. The van der Waals surface area contributed by atoms with Gasteiger partial charge in [0.25, 0.3) is 0 Å². The van der Waals surface area contributed by atoms with Crippen LogP contribution in [0, 0.1) is 13.8 Å². The molecule has 2 rings (SSSR count). The summed E-state index contributed by atoms with van der Waals surface area (Å²) in [6, 6.07) is 12.7. The summed E-state index contributed by atoms with van der Waals surface area (Å²) in [5.41, 5.74) is 4.78. The van der Waals surface area contributed by atoms with E-state index in [0.29, 0.717) is 0 Å². The van der Waals surface area contributed by atoms with E-state index in [1.807, 2.05) is 0 Å². The zero-order valence-corrected chi connectivity index (χ0v) is 14.5. The Hall–Kier alpha value is -1.48. The average Bonchev–Trinajstić information content (AvgIpc) is 2.47. The summed E-state index contributed by atoms with van der Waals surface area (Å²) >= 11 is 3.53. The summed E-state index contributed by atoms with van der Waals surface area (Å²) in [6.07, 6.45) is 1.01. The maximum Gasteiger partial charge on any atom is 0.142 e. The average molecular weight is 348 g/mol. The van der Waals surface area contributed by atoms with Crippen LogP contribution >= 0.6 is 15.9 Å². The van der Waals surface area contributed by atoms with Gasteiger partial charge in [-0.3, -0.25) is 0 Å². The molecule has 2 aromatic carbocycles. The van der Waals surface area contributed by atoms with Crippen LogP contribution in [0.1, 0.15) is 30.0 Å². The van der Waals surface area contributed by atoms with E-state index < -0.39 is 0 Å². The van der Waals surface area contributed by atoms with Crippen molar-refractivity contribution in [1.29, 1.82) is 0 Å². The van der Waals surface area contributed by atoms with Crippen molar-refractivity contribution in [3.8, 4) is 5.75 Å². The van der Waals surface area contributed by atoms with Crippen molar-refractivity contribution in [2.24, 2.45) is 0 Å². The largest absolute Gasteiger partial charge is 0.491 e. The predicted molar refractivity (Wildman–Crippen MR) is 93.2 cm³/mol. The topological polar surface area (TPSA) is 21.3 Å². The van der Waals surface area contributed by atoms with Crippen molar-refractivity contribution >= 4 is 21.6 Å². The Balaban J connectivity index is 2.09. The van der Waals surface area contributed by atoms with E-state index in [9.17, 15) is 0 Å². The van der Waals surface area contributed by atoms with E-state index in [0.717, 1.165) is 35.5 Å². The first-order valence-electron chi connectivity index (χ1n) is 7.32. The van der Waals surface area contributed by atoms with Crippen LogP contribution in [0.5, 0.6) is 5.75 Å². The van der Waals surface area contributed by atoms with Crippen LogP contribution in [0.2, 0.25) is 0 Å². The molecule has 0 spiro atoms. The van der Waals surface area contributed by atoms with Gasteiger partial charge in [-0.05, 0) is 55.2 Å². The quantitative estimate of drug-likeness (QED) is 0.748. The fourth-order valence-electron chi connectivity index (χ4n) is 2.12. The van der Waals surface area contributed by atoms with Crippen LogP contribution in [0.4, 0.5) is 5.69 Å². The summed E-state index contributed by atoms with van der Waals surface area (Å²) < 4.78 is 6.98. The smallest absolute Gasteiger partial charge is 0.142 e. The van der Waals surface area contributed by atoms with E-state index in [4.69, 9.17) is 4.74 Å². The molecule has 0 aromatic heterocycles. The van der Waals surface area contributed by atoms with Crippen molar-refractivity contribution in [2.75, 3.05) is 11.9 Å². The number of benzene rings is 2. The highest BCUT2D eigenvalue weighted by Gasteiger charge is 2.04. The molecule has 0 bridgehead atoms. The summed E-state index contributed by atoms with van der Waals surface area (Å²) in [4.78, 5) is 0. The summed E-state index contributed by atoms with van der Waals surface area (Å²) in [5, 5.41) is 3.47. The lowest BCUT2D eigenvalue weighted by Crippen LogP contribution is -2.04. The highest BCUT2D eigenvalue weighted by molar-refractivity contribution is 9.10. The molecule has 0 aliphatic heterocycles. The number of hydrogen-bond acceptors (Lipinski definition) is 2. The van der Waals surface area contributed by atoms with Crippen LogP contribution in [-0.2, 0) is 6.54 Å². The number of anilines is 1. The van der Waals surface area contributed by atoms with Gasteiger partial charge in [0.15, 0.2) is 0 Å². The van der Waals surface area contributed by atoms with Gasteiger partial charge in [-0.25, -0.2) is 0 Å². The fourth-order valence-corrected chi connectivity index (χ4v) is 2.37. The Morgan fingerprint density at radius 3 is 2.62 bits per heavy atom. The monoisotopic (exact) mass is 347 g/mol. The molecule has 0 amide bonds. The van der Waals surface area contributed by atoms with Crippen LogP contribution in [-0.4, -0.2) is 6.61 Å². The van der Waals surface area contributed by atoms with E-state index in [1.54, 1.807) is 0 Å². The minimum Gasteiger partial charge on any atom is -0.491 e. The molecule has 0 heterocycles. The van der Waals surface area contributed by atoms with Crippen LogP contribution in [0.25, 0.3) is 0 Å². The molecule has 2 nitrogen and oxygen atoms in total. The van der Waals surface area contributed by atoms with Gasteiger partial charge in [-0.1, -0.05) is 41.1 Å². The lowest BCUT2D eigenvalue weighted by atomic mass is 10.1. The standard InChI is InChI=1S/C18H22BrNO/c1-4-9-21-18-10-13(2)5-8-17(18)20-12-15-6-7-16(19)14(3)11-15/h5-8,10-11,20H,4,9,12H2,1-3H3. The van der Waals surface area contributed by atoms with Gasteiger partial charge in [-0.15, -0.1) is 0 Å². The second-order valence-corrected chi connectivity index (χ2v) is 6.14. The number of aryl methyl sites for hydroxylation is 2. The number of halogens is 1. The van der Waals surface area contributed by atoms with E-state index in [1.165, 1.54) is 16.7 Å². The fraction of sp³-hybridized carbons (Fsp3) is 0.333. The lowest BCUT2D eigenvalue weighted by Gasteiger charge is -2.14. The number of rotatable bonds is 6. The maximum absolute atomic E-state index is 5.83. The zero-order chi connectivity index (χ0) is 15.2. The molecule has 0 saturated heterocycles. The molecule has 3 heteroatoms. The third-order valence-electron chi connectivity index (χ3n) is 3.30. The maximum atomic E-state index is 5.83. The lowest BCUT2D eigenvalue weighted by molar-refractivity contribution is 0.318. The highest BCUT2D eigenvalue weighted by atomic mass is 79.9.